The molecule has 5 nitrogen and oxygen atoms in total. The molecule has 1 unspecified atom stereocenters. The van der Waals surface area contributed by atoms with E-state index in [0.717, 1.165) is 0 Å². The molecule has 0 saturated heterocycles. The van der Waals surface area contributed by atoms with Gasteiger partial charge in [0.25, 0.3) is 0 Å². The van der Waals surface area contributed by atoms with Crippen LogP contribution in [-0.2, 0) is 23.7 Å². The maximum absolute atomic E-state index is 10.5. The summed E-state index contributed by atoms with van der Waals surface area (Å²) in [5.74, 6) is 0.708. The molecule has 5 heteroatoms. The molecule has 1 aliphatic heterocycles. The Morgan fingerprint density at radius 2 is 2.23 bits per heavy atom. The van der Waals surface area contributed by atoms with Crippen LogP contribution in [0.1, 0.15) is 13.8 Å². The largest absolute Gasteiger partial charge is 0.458 e. The molecule has 74 valence electrons. The molecule has 1 heterocycles. The van der Waals surface area contributed by atoms with Crippen LogP contribution in [-0.4, -0.2) is 26.2 Å². The van der Waals surface area contributed by atoms with E-state index in [1.807, 2.05) is 0 Å². The topological polar surface area (TPSA) is 54.0 Å². The second kappa shape index (κ2) is 4.13. The zero-order valence-corrected chi connectivity index (χ0v) is 7.83. The van der Waals surface area contributed by atoms with Crippen LogP contribution in [0.3, 0.4) is 0 Å². The van der Waals surface area contributed by atoms with Gasteiger partial charge in [0.05, 0.1) is 0 Å². The van der Waals surface area contributed by atoms with Crippen LogP contribution >= 0.6 is 0 Å². The molecule has 1 rings (SSSR count). The summed E-state index contributed by atoms with van der Waals surface area (Å²) in [5, 5.41) is 0. The summed E-state index contributed by atoms with van der Waals surface area (Å²) in [7, 11) is 1.46. The second-order valence-electron chi connectivity index (χ2n) is 2.52. The van der Waals surface area contributed by atoms with E-state index in [0.29, 0.717) is 11.5 Å². The zero-order valence-electron chi connectivity index (χ0n) is 7.83. The van der Waals surface area contributed by atoms with Gasteiger partial charge in [-0.3, -0.25) is 4.79 Å². The van der Waals surface area contributed by atoms with Crippen LogP contribution in [0.5, 0.6) is 0 Å². The van der Waals surface area contributed by atoms with Crippen molar-refractivity contribution in [3.8, 4) is 0 Å². The van der Waals surface area contributed by atoms with Crippen molar-refractivity contribution in [1.29, 1.82) is 0 Å². The Morgan fingerprint density at radius 3 is 2.69 bits per heavy atom. The third-order valence-electron chi connectivity index (χ3n) is 1.50. The van der Waals surface area contributed by atoms with Crippen molar-refractivity contribution in [2.24, 2.45) is 0 Å². The molecule has 1 aliphatic rings. The van der Waals surface area contributed by atoms with Gasteiger partial charge < -0.3 is 18.9 Å². The van der Waals surface area contributed by atoms with Crippen LogP contribution in [0.2, 0.25) is 0 Å². The van der Waals surface area contributed by atoms with Gasteiger partial charge in [0.2, 0.25) is 0 Å². The van der Waals surface area contributed by atoms with Crippen molar-refractivity contribution in [3.63, 3.8) is 0 Å². The van der Waals surface area contributed by atoms with E-state index in [2.05, 4.69) is 0 Å². The summed E-state index contributed by atoms with van der Waals surface area (Å²) >= 11 is 0. The van der Waals surface area contributed by atoms with Crippen molar-refractivity contribution in [2.45, 2.75) is 20.3 Å². The third kappa shape index (κ3) is 2.62. The summed E-state index contributed by atoms with van der Waals surface area (Å²) in [4.78, 5) is 10.5. The van der Waals surface area contributed by atoms with Crippen molar-refractivity contribution < 1.29 is 23.7 Å². The summed E-state index contributed by atoms with van der Waals surface area (Å²) in [6.45, 7) is 2.42. The molecule has 1 atom stereocenters. The van der Waals surface area contributed by atoms with Gasteiger partial charge in [-0.15, -0.1) is 0 Å². The SMILES string of the molecule is COC1OC(C)=C(COC(C)=O)O1. The first-order chi connectivity index (χ1) is 6.13. The quantitative estimate of drug-likeness (QED) is 0.612. The highest BCUT2D eigenvalue weighted by molar-refractivity contribution is 5.66. The van der Waals surface area contributed by atoms with Gasteiger partial charge in [0.15, 0.2) is 12.4 Å². The van der Waals surface area contributed by atoms with E-state index in [1.165, 1.54) is 14.0 Å². The number of ether oxygens (including phenoxy) is 4. The average molecular weight is 188 g/mol. The van der Waals surface area contributed by atoms with Gasteiger partial charge in [0.1, 0.15) is 5.76 Å². The Bertz CT molecular complexity index is 233. The number of carbonyl (C=O) groups excluding carboxylic acids is 1. The molecular weight excluding hydrogens is 176 g/mol. The molecule has 0 fully saturated rings. The predicted octanol–water partition coefficient (Wildman–Crippen LogP) is 0.758. The van der Waals surface area contributed by atoms with Gasteiger partial charge in [-0.25, -0.2) is 0 Å². The zero-order chi connectivity index (χ0) is 9.84. The molecule has 0 aromatic rings. The van der Waals surface area contributed by atoms with Crippen molar-refractivity contribution in [2.75, 3.05) is 13.7 Å². The van der Waals surface area contributed by atoms with Gasteiger partial charge in [-0.05, 0) is 6.92 Å². The smallest absolute Gasteiger partial charge is 0.360 e. The lowest BCUT2D eigenvalue weighted by molar-refractivity contribution is -0.214. The van der Waals surface area contributed by atoms with Crippen LogP contribution in [0.25, 0.3) is 0 Å². The Kier molecular flexibility index (Phi) is 3.13. The molecular formula is C8H12O5. The van der Waals surface area contributed by atoms with E-state index < -0.39 is 6.48 Å². The molecule has 0 spiro atoms. The minimum absolute atomic E-state index is 0.0844. The average Bonchev–Trinajstić information content (AvgIpc) is 2.43. The molecule has 0 aromatic heterocycles. The number of methoxy groups -OCH3 is 1. The standard InChI is InChI=1S/C8H12O5/c1-5-7(4-11-6(2)9)13-8(10-3)12-5/h8H,4H2,1-3H3. The molecule has 0 aromatic carbocycles. The van der Waals surface area contributed by atoms with Gasteiger partial charge in [-0.1, -0.05) is 0 Å². The molecule has 0 N–H and O–H groups in total. The highest BCUT2D eigenvalue weighted by Gasteiger charge is 2.24. The number of hydrogen-bond acceptors (Lipinski definition) is 5. The fourth-order valence-corrected chi connectivity index (χ4v) is 0.832. The Hall–Kier alpha value is -1.23. The number of allylic oxidation sites excluding steroid dienone is 1. The minimum Gasteiger partial charge on any atom is -0.458 e. The van der Waals surface area contributed by atoms with E-state index in [1.54, 1.807) is 6.92 Å². The van der Waals surface area contributed by atoms with Gasteiger partial charge in [-0.2, -0.15) is 0 Å². The maximum Gasteiger partial charge on any atom is 0.360 e. The molecule has 0 bridgehead atoms. The van der Waals surface area contributed by atoms with Crippen LogP contribution < -0.4 is 0 Å². The fraction of sp³-hybridized carbons (Fsp3) is 0.625. The number of rotatable bonds is 3. The highest BCUT2D eigenvalue weighted by atomic mass is 16.9. The Balaban J connectivity index is 2.41. The van der Waals surface area contributed by atoms with Gasteiger partial charge >= 0.3 is 12.4 Å². The third-order valence-corrected chi connectivity index (χ3v) is 1.50. The minimum atomic E-state index is -0.717. The van der Waals surface area contributed by atoms with Crippen LogP contribution in [0.15, 0.2) is 11.5 Å². The molecule has 13 heavy (non-hydrogen) atoms. The molecule has 0 radical (unpaired) electrons. The Labute approximate surface area is 76.2 Å². The van der Waals surface area contributed by atoms with Gasteiger partial charge in [0, 0.05) is 14.0 Å². The Morgan fingerprint density at radius 1 is 1.54 bits per heavy atom. The lowest BCUT2D eigenvalue weighted by Crippen LogP contribution is -2.12. The summed E-state index contributed by atoms with van der Waals surface area (Å²) in [6, 6.07) is 0. The lowest BCUT2D eigenvalue weighted by atomic mass is 10.4. The summed E-state index contributed by atoms with van der Waals surface area (Å²) in [6.07, 6.45) is 0. The predicted molar refractivity (Wildman–Crippen MR) is 42.3 cm³/mol. The van der Waals surface area contributed by atoms with E-state index in [-0.39, 0.29) is 12.6 Å². The van der Waals surface area contributed by atoms with E-state index in [4.69, 9.17) is 18.9 Å². The van der Waals surface area contributed by atoms with Crippen molar-refractivity contribution >= 4 is 5.97 Å². The maximum atomic E-state index is 10.5. The normalized spacial score (nSPS) is 21.0. The molecule has 0 saturated carbocycles. The highest BCUT2D eigenvalue weighted by Crippen LogP contribution is 2.21. The summed E-state index contributed by atoms with van der Waals surface area (Å²) < 4.78 is 19.8. The number of hydrogen-bond donors (Lipinski definition) is 0. The molecule has 0 amide bonds. The van der Waals surface area contributed by atoms with Crippen LogP contribution in [0, 0.1) is 0 Å². The first kappa shape index (κ1) is 9.85. The fourth-order valence-electron chi connectivity index (χ4n) is 0.832. The van der Waals surface area contributed by atoms with Crippen LogP contribution in [0.4, 0.5) is 0 Å². The monoisotopic (exact) mass is 188 g/mol. The number of esters is 1. The van der Waals surface area contributed by atoms with Crippen molar-refractivity contribution in [3.05, 3.63) is 11.5 Å². The first-order valence-electron chi connectivity index (χ1n) is 3.82. The second-order valence-corrected chi connectivity index (χ2v) is 2.52. The van der Waals surface area contributed by atoms with E-state index >= 15 is 0 Å². The molecule has 0 aliphatic carbocycles. The van der Waals surface area contributed by atoms with E-state index in [9.17, 15) is 4.79 Å². The number of carbonyl (C=O) groups is 1. The summed E-state index contributed by atoms with van der Waals surface area (Å²) in [5.41, 5.74) is 0. The lowest BCUT2D eigenvalue weighted by Gasteiger charge is -2.08. The van der Waals surface area contributed by atoms with Crippen molar-refractivity contribution in [1.82, 2.24) is 0 Å². The first-order valence-corrected chi connectivity index (χ1v) is 3.82.